The quantitative estimate of drug-likeness (QED) is 0.684. The molecule has 7 heteroatoms. The van der Waals surface area contributed by atoms with Crippen molar-refractivity contribution in [3.63, 3.8) is 0 Å². The van der Waals surface area contributed by atoms with Crippen LogP contribution in [-0.2, 0) is 10.0 Å². The Morgan fingerprint density at radius 1 is 0.941 bits per heavy atom. The van der Waals surface area contributed by atoms with Crippen molar-refractivity contribution in [2.45, 2.75) is 61.4 Å². The minimum absolute atomic E-state index is 0.00165. The van der Waals surface area contributed by atoms with Crippen LogP contribution in [0.15, 0.2) is 59.5 Å². The Morgan fingerprint density at radius 3 is 2.35 bits per heavy atom. The molecule has 0 spiro atoms. The maximum absolute atomic E-state index is 13.4. The van der Waals surface area contributed by atoms with Crippen molar-refractivity contribution in [1.29, 1.82) is 0 Å². The van der Waals surface area contributed by atoms with Gasteiger partial charge in [-0.2, -0.15) is 4.31 Å². The summed E-state index contributed by atoms with van der Waals surface area (Å²) in [5, 5.41) is 10.2. The molecule has 2 fully saturated rings. The number of aliphatic hydroxyl groups is 1. The van der Waals surface area contributed by atoms with E-state index in [9.17, 15) is 17.9 Å². The number of fused-ring (bicyclic) bond motifs is 1. The zero-order chi connectivity index (χ0) is 23.7. The van der Waals surface area contributed by atoms with E-state index in [0.29, 0.717) is 13.1 Å². The molecule has 5 nitrogen and oxygen atoms in total. The molecule has 34 heavy (non-hydrogen) atoms. The molecule has 2 saturated heterocycles. The predicted molar refractivity (Wildman–Crippen MR) is 131 cm³/mol. The van der Waals surface area contributed by atoms with Crippen LogP contribution >= 0.6 is 0 Å². The van der Waals surface area contributed by atoms with Crippen molar-refractivity contribution >= 4 is 15.6 Å². The molecule has 0 radical (unpaired) electrons. The van der Waals surface area contributed by atoms with Gasteiger partial charge in [-0.1, -0.05) is 30.3 Å². The average Bonchev–Trinajstić information content (AvgIpc) is 2.84. The van der Waals surface area contributed by atoms with E-state index in [1.165, 1.54) is 48.2 Å². The first-order valence-corrected chi connectivity index (χ1v) is 13.8. The molecule has 5 rings (SSSR count). The van der Waals surface area contributed by atoms with E-state index in [1.54, 1.807) is 4.31 Å². The Labute approximate surface area is 201 Å². The average molecular weight is 485 g/mol. The van der Waals surface area contributed by atoms with Crippen molar-refractivity contribution in [2.24, 2.45) is 0 Å². The van der Waals surface area contributed by atoms with Crippen LogP contribution in [0.2, 0.25) is 0 Å². The van der Waals surface area contributed by atoms with Crippen molar-refractivity contribution in [2.75, 3.05) is 26.2 Å². The van der Waals surface area contributed by atoms with E-state index >= 15 is 0 Å². The van der Waals surface area contributed by atoms with E-state index in [0.717, 1.165) is 37.8 Å². The van der Waals surface area contributed by atoms with E-state index in [1.807, 2.05) is 0 Å². The van der Waals surface area contributed by atoms with Gasteiger partial charge >= 0.3 is 0 Å². The molecular formula is C27H33FN2O3S. The molecule has 1 aliphatic carbocycles. The second-order valence-corrected chi connectivity index (χ2v) is 11.6. The Hall–Kier alpha value is -2.06. The number of halogens is 1. The number of rotatable bonds is 5. The van der Waals surface area contributed by atoms with Gasteiger partial charge in [0.25, 0.3) is 0 Å². The van der Waals surface area contributed by atoms with Gasteiger partial charge in [0.05, 0.1) is 11.5 Å². The Balaban J connectivity index is 1.40. The third-order valence-electron chi connectivity index (χ3n) is 7.74. The molecule has 2 aliphatic heterocycles. The number of hydrogen-bond acceptors (Lipinski definition) is 4. The lowest BCUT2D eigenvalue weighted by Crippen LogP contribution is -2.67. The number of aliphatic hydroxyl groups excluding tert-OH is 1. The summed E-state index contributed by atoms with van der Waals surface area (Å²) < 4.78 is 41.7. The van der Waals surface area contributed by atoms with Crippen LogP contribution in [0.5, 0.6) is 0 Å². The number of benzene rings is 2. The van der Waals surface area contributed by atoms with Gasteiger partial charge in [0, 0.05) is 31.1 Å². The molecule has 182 valence electrons. The summed E-state index contributed by atoms with van der Waals surface area (Å²) in [6.45, 7) is 1.74. The monoisotopic (exact) mass is 484 g/mol. The van der Waals surface area contributed by atoms with Crippen LogP contribution in [0.4, 0.5) is 4.39 Å². The number of nitrogens with zero attached hydrogens (tertiary/aromatic N) is 2. The van der Waals surface area contributed by atoms with Gasteiger partial charge in [0.1, 0.15) is 5.82 Å². The second-order valence-electron chi connectivity index (χ2n) is 9.70. The van der Waals surface area contributed by atoms with Gasteiger partial charge in [0.15, 0.2) is 0 Å². The summed E-state index contributed by atoms with van der Waals surface area (Å²) in [5.74, 6) is -0.376. The molecule has 1 N–H and O–H groups in total. The van der Waals surface area contributed by atoms with Crippen molar-refractivity contribution < 1.29 is 17.9 Å². The van der Waals surface area contributed by atoms with Gasteiger partial charge in [0.2, 0.25) is 10.0 Å². The van der Waals surface area contributed by atoms with Crippen LogP contribution in [0.1, 0.15) is 55.6 Å². The molecule has 3 aliphatic rings. The summed E-state index contributed by atoms with van der Waals surface area (Å²) in [7, 11) is -3.72. The SMILES string of the molecule is O=S(=O)(c1ccc(F)cc1)N1CCCCN2[C@@H](CO)[C@@H](c3ccc(C4=CCCCC4)cc3)[C@@H]2C1. The molecule has 0 unspecified atom stereocenters. The summed E-state index contributed by atoms with van der Waals surface area (Å²) in [6, 6.07) is 13.8. The Morgan fingerprint density at radius 2 is 1.68 bits per heavy atom. The minimum Gasteiger partial charge on any atom is -0.395 e. The van der Waals surface area contributed by atoms with Gasteiger partial charge < -0.3 is 5.11 Å². The topological polar surface area (TPSA) is 60.9 Å². The summed E-state index contributed by atoms with van der Waals surface area (Å²) in [6.07, 6.45) is 8.73. The smallest absolute Gasteiger partial charge is 0.243 e. The van der Waals surface area contributed by atoms with Gasteiger partial charge in [-0.15, -0.1) is 0 Å². The highest BCUT2D eigenvalue weighted by atomic mass is 32.2. The largest absolute Gasteiger partial charge is 0.395 e. The van der Waals surface area contributed by atoms with Crippen LogP contribution < -0.4 is 0 Å². The first-order valence-electron chi connectivity index (χ1n) is 12.4. The maximum atomic E-state index is 13.4. The zero-order valence-corrected chi connectivity index (χ0v) is 20.3. The molecule has 2 aromatic rings. The van der Waals surface area contributed by atoms with E-state index in [4.69, 9.17) is 0 Å². The lowest BCUT2D eigenvalue weighted by atomic mass is 9.74. The fourth-order valence-corrected chi connectivity index (χ4v) is 7.40. The maximum Gasteiger partial charge on any atom is 0.243 e. The first-order chi connectivity index (χ1) is 16.5. The Kier molecular flexibility index (Phi) is 6.89. The molecule has 0 saturated carbocycles. The van der Waals surface area contributed by atoms with Crippen LogP contribution in [0.3, 0.4) is 0 Å². The highest BCUT2D eigenvalue weighted by molar-refractivity contribution is 7.89. The summed E-state index contributed by atoms with van der Waals surface area (Å²) in [5.41, 5.74) is 3.83. The van der Waals surface area contributed by atoms with Gasteiger partial charge in [-0.05, 0) is 86.0 Å². The molecule has 0 bridgehead atoms. The van der Waals surface area contributed by atoms with Crippen LogP contribution in [0.25, 0.3) is 5.57 Å². The van der Waals surface area contributed by atoms with Crippen molar-refractivity contribution in [3.05, 3.63) is 71.6 Å². The lowest BCUT2D eigenvalue weighted by molar-refractivity contribution is -0.0553. The third-order valence-corrected chi connectivity index (χ3v) is 9.62. The van der Waals surface area contributed by atoms with Crippen molar-refractivity contribution in [1.82, 2.24) is 9.21 Å². The highest BCUT2D eigenvalue weighted by Gasteiger charge is 2.50. The second kappa shape index (κ2) is 9.90. The molecule has 2 aromatic carbocycles. The first kappa shape index (κ1) is 23.7. The highest BCUT2D eigenvalue weighted by Crippen LogP contribution is 2.43. The van der Waals surface area contributed by atoms with Gasteiger partial charge in [-0.25, -0.2) is 12.8 Å². The zero-order valence-electron chi connectivity index (χ0n) is 19.4. The fourth-order valence-electron chi connectivity index (χ4n) is 5.90. The molecule has 0 aromatic heterocycles. The summed E-state index contributed by atoms with van der Waals surface area (Å²) >= 11 is 0. The van der Waals surface area contributed by atoms with Crippen LogP contribution in [-0.4, -0.2) is 61.1 Å². The van der Waals surface area contributed by atoms with E-state index < -0.39 is 15.8 Å². The summed E-state index contributed by atoms with van der Waals surface area (Å²) in [4.78, 5) is 2.40. The minimum atomic E-state index is -3.72. The standard InChI is InChI=1S/C27H33FN2O3S/c28-23-12-14-24(15-13-23)34(32,33)29-16-4-5-17-30-25(18-29)27(26(30)19-31)22-10-8-21(9-11-22)20-6-2-1-3-7-20/h6,8-15,25-27,31H,1-5,7,16-19H2/t25-,26-,27-/m0/s1. The lowest BCUT2D eigenvalue weighted by Gasteiger charge is -2.57. The number of sulfonamides is 1. The van der Waals surface area contributed by atoms with E-state index in [-0.39, 0.29) is 29.5 Å². The van der Waals surface area contributed by atoms with E-state index in [2.05, 4.69) is 35.2 Å². The predicted octanol–water partition coefficient (Wildman–Crippen LogP) is 4.40. The molecule has 0 amide bonds. The van der Waals surface area contributed by atoms with Crippen molar-refractivity contribution in [3.8, 4) is 0 Å². The number of allylic oxidation sites excluding steroid dienone is 2. The molecular weight excluding hydrogens is 451 g/mol. The molecule has 2 heterocycles. The number of hydrogen-bond donors (Lipinski definition) is 1. The van der Waals surface area contributed by atoms with Crippen LogP contribution in [0, 0.1) is 5.82 Å². The normalized spacial score (nSPS) is 26.6. The Bertz CT molecular complexity index is 1130. The van der Waals surface area contributed by atoms with Gasteiger partial charge in [-0.3, -0.25) is 4.90 Å². The third kappa shape index (κ3) is 4.47. The fraction of sp³-hybridized carbons (Fsp3) is 0.481. The molecule has 3 atom stereocenters.